The number of hydrogen-bond acceptors (Lipinski definition) is 3. The third kappa shape index (κ3) is 4.10. The van der Waals surface area contributed by atoms with Crippen LogP contribution in [0.2, 0.25) is 0 Å². The van der Waals surface area contributed by atoms with Crippen LogP contribution in [0.5, 0.6) is 0 Å². The van der Waals surface area contributed by atoms with Gasteiger partial charge in [-0.3, -0.25) is 4.90 Å². The Morgan fingerprint density at radius 3 is 2.58 bits per heavy atom. The van der Waals surface area contributed by atoms with Gasteiger partial charge in [0.05, 0.1) is 0 Å². The number of thioether (sulfide) groups is 1. The van der Waals surface area contributed by atoms with E-state index in [0.29, 0.717) is 6.04 Å². The Kier molecular flexibility index (Phi) is 5.95. The SMILES string of the molecule is C=CCC[C@H](c1ccc(SC)cc1)N1CCNCC1. The number of benzene rings is 1. The number of piperazine rings is 1. The zero-order valence-electron chi connectivity index (χ0n) is 11.8. The summed E-state index contributed by atoms with van der Waals surface area (Å²) in [6.45, 7) is 8.36. The highest BCUT2D eigenvalue weighted by atomic mass is 32.2. The van der Waals surface area contributed by atoms with Crippen molar-refractivity contribution >= 4 is 11.8 Å². The first-order chi connectivity index (χ1) is 9.35. The summed E-state index contributed by atoms with van der Waals surface area (Å²) >= 11 is 1.80. The lowest BCUT2D eigenvalue weighted by Gasteiger charge is -2.35. The third-order valence-corrected chi connectivity index (χ3v) is 4.48. The van der Waals surface area contributed by atoms with Gasteiger partial charge in [0.2, 0.25) is 0 Å². The molecule has 0 amide bonds. The molecule has 19 heavy (non-hydrogen) atoms. The molecule has 0 spiro atoms. The summed E-state index contributed by atoms with van der Waals surface area (Å²) in [5, 5.41) is 3.43. The van der Waals surface area contributed by atoms with Gasteiger partial charge in [-0.15, -0.1) is 18.3 Å². The number of hydrogen-bond donors (Lipinski definition) is 1. The maximum Gasteiger partial charge on any atom is 0.0352 e. The molecule has 2 rings (SSSR count). The molecular weight excluding hydrogens is 252 g/mol. The Hall–Kier alpha value is -0.770. The summed E-state index contributed by atoms with van der Waals surface area (Å²) in [5.41, 5.74) is 1.45. The van der Waals surface area contributed by atoms with E-state index in [4.69, 9.17) is 0 Å². The van der Waals surface area contributed by atoms with E-state index in [1.165, 1.54) is 16.9 Å². The predicted octanol–water partition coefficient (Wildman–Crippen LogP) is 3.32. The maximum atomic E-state index is 3.86. The lowest BCUT2D eigenvalue weighted by molar-refractivity contribution is 0.166. The van der Waals surface area contributed by atoms with E-state index in [-0.39, 0.29) is 0 Å². The molecule has 0 bridgehead atoms. The van der Waals surface area contributed by atoms with Crippen molar-refractivity contribution in [2.75, 3.05) is 32.4 Å². The third-order valence-electron chi connectivity index (χ3n) is 3.74. The van der Waals surface area contributed by atoms with Crippen molar-refractivity contribution in [3.63, 3.8) is 0 Å². The number of rotatable bonds is 6. The van der Waals surface area contributed by atoms with Crippen molar-refractivity contribution in [2.45, 2.75) is 23.8 Å². The molecule has 1 N–H and O–H groups in total. The molecule has 0 aliphatic carbocycles. The van der Waals surface area contributed by atoms with Crippen molar-refractivity contribution in [2.24, 2.45) is 0 Å². The summed E-state index contributed by atoms with van der Waals surface area (Å²) in [5.74, 6) is 0. The van der Waals surface area contributed by atoms with Crippen LogP contribution in [0.3, 0.4) is 0 Å². The van der Waals surface area contributed by atoms with Crippen LogP contribution < -0.4 is 5.32 Å². The van der Waals surface area contributed by atoms with Crippen molar-refractivity contribution < 1.29 is 0 Å². The zero-order valence-corrected chi connectivity index (χ0v) is 12.6. The molecule has 1 aliphatic heterocycles. The lowest BCUT2D eigenvalue weighted by atomic mass is 9.99. The smallest absolute Gasteiger partial charge is 0.0352 e. The van der Waals surface area contributed by atoms with Gasteiger partial charge in [0, 0.05) is 37.1 Å². The Bertz CT molecular complexity index is 382. The van der Waals surface area contributed by atoms with Crippen LogP contribution in [0.1, 0.15) is 24.4 Å². The summed E-state index contributed by atoms with van der Waals surface area (Å²) in [7, 11) is 0. The van der Waals surface area contributed by atoms with Crippen LogP contribution in [0.15, 0.2) is 41.8 Å². The molecule has 104 valence electrons. The highest BCUT2D eigenvalue weighted by molar-refractivity contribution is 7.98. The van der Waals surface area contributed by atoms with Gasteiger partial charge in [0.15, 0.2) is 0 Å². The fourth-order valence-electron chi connectivity index (χ4n) is 2.66. The second kappa shape index (κ2) is 7.73. The molecule has 3 heteroatoms. The number of nitrogens with one attached hydrogen (secondary N) is 1. The average molecular weight is 276 g/mol. The molecule has 0 radical (unpaired) electrons. The molecule has 1 heterocycles. The molecule has 1 fully saturated rings. The Labute approximate surface area is 121 Å². The van der Waals surface area contributed by atoms with Crippen LogP contribution in [0.25, 0.3) is 0 Å². The predicted molar refractivity (Wildman–Crippen MR) is 84.8 cm³/mol. The van der Waals surface area contributed by atoms with Crippen LogP contribution >= 0.6 is 11.8 Å². The molecule has 1 saturated heterocycles. The summed E-state index contributed by atoms with van der Waals surface area (Å²) in [6, 6.07) is 9.60. The van der Waals surface area contributed by atoms with Gasteiger partial charge in [0.1, 0.15) is 0 Å². The van der Waals surface area contributed by atoms with Gasteiger partial charge >= 0.3 is 0 Å². The van der Waals surface area contributed by atoms with Gasteiger partial charge < -0.3 is 5.32 Å². The van der Waals surface area contributed by atoms with E-state index in [2.05, 4.69) is 47.3 Å². The van der Waals surface area contributed by atoms with E-state index in [0.717, 1.165) is 32.6 Å². The number of nitrogens with zero attached hydrogens (tertiary/aromatic N) is 1. The monoisotopic (exact) mass is 276 g/mol. The standard InChI is InChI=1S/C16H24N2S/c1-3-4-5-16(18-12-10-17-11-13-18)14-6-8-15(19-2)9-7-14/h3,6-9,16-17H,1,4-5,10-13H2,2H3/t16-/m1/s1. The van der Waals surface area contributed by atoms with Crippen LogP contribution in [-0.4, -0.2) is 37.3 Å². The maximum absolute atomic E-state index is 3.86. The van der Waals surface area contributed by atoms with Crippen molar-refractivity contribution in [1.82, 2.24) is 10.2 Å². The summed E-state index contributed by atoms with van der Waals surface area (Å²) < 4.78 is 0. The van der Waals surface area contributed by atoms with E-state index >= 15 is 0 Å². The van der Waals surface area contributed by atoms with Gasteiger partial charge in [-0.05, 0) is 36.8 Å². The lowest BCUT2D eigenvalue weighted by Crippen LogP contribution is -2.45. The highest BCUT2D eigenvalue weighted by Crippen LogP contribution is 2.27. The highest BCUT2D eigenvalue weighted by Gasteiger charge is 2.21. The first-order valence-electron chi connectivity index (χ1n) is 7.04. The van der Waals surface area contributed by atoms with Crippen LogP contribution in [-0.2, 0) is 0 Å². The normalized spacial score (nSPS) is 18.2. The second-order valence-corrected chi connectivity index (χ2v) is 5.82. The zero-order chi connectivity index (χ0) is 13.5. The van der Waals surface area contributed by atoms with Gasteiger partial charge in [-0.25, -0.2) is 0 Å². The molecule has 2 nitrogen and oxygen atoms in total. The average Bonchev–Trinajstić information content (AvgIpc) is 2.49. The first kappa shape index (κ1) is 14.6. The van der Waals surface area contributed by atoms with E-state index in [1.807, 2.05) is 6.08 Å². The van der Waals surface area contributed by atoms with Crippen LogP contribution in [0, 0.1) is 0 Å². The Morgan fingerprint density at radius 2 is 2.00 bits per heavy atom. The van der Waals surface area contributed by atoms with E-state index in [1.54, 1.807) is 11.8 Å². The molecule has 1 atom stereocenters. The quantitative estimate of drug-likeness (QED) is 0.634. The summed E-state index contributed by atoms with van der Waals surface area (Å²) in [4.78, 5) is 3.94. The van der Waals surface area contributed by atoms with Gasteiger partial charge in [0.25, 0.3) is 0 Å². The summed E-state index contributed by atoms with van der Waals surface area (Å²) in [6.07, 6.45) is 6.41. The minimum Gasteiger partial charge on any atom is -0.314 e. The molecule has 0 unspecified atom stereocenters. The largest absolute Gasteiger partial charge is 0.314 e. The molecule has 0 saturated carbocycles. The second-order valence-electron chi connectivity index (χ2n) is 4.94. The van der Waals surface area contributed by atoms with Gasteiger partial charge in [-0.2, -0.15) is 0 Å². The Balaban J connectivity index is 2.12. The van der Waals surface area contributed by atoms with Crippen molar-refractivity contribution in [3.8, 4) is 0 Å². The van der Waals surface area contributed by atoms with Crippen molar-refractivity contribution in [1.29, 1.82) is 0 Å². The van der Waals surface area contributed by atoms with Gasteiger partial charge in [-0.1, -0.05) is 18.2 Å². The van der Waals surface area contributed by atoms with E-state index in [9.17, 15) is 0 Å². The van der Waals surface area contributed by atoms with Crippen molar-refractivity contribution in [3.05, 3.63) is 42.5 Å². The Morgan fingerprint density at radius 1 is 1.32 bits per heavy atom. The molecule has 1 aromatic rings. The topological polar surface area (TPSA) is 15.3 Å². The minimum absolute atomic E-state index is 0.538. The molecular formula is C16H24N2S. The fraction of sp³-hybridized carbons (Fsp3) is 0.500. The van der Waals surface area contributed by atoms with E-state index < -0.39 is 0 Å². The molecule has 1 aromatic carbocycles. The molecule has 1 aliphatic rings. The fourth-order valence-corrected chi connectivity index (χ4v) is 3.06. The van der Waals surface area contributed by atoms with Crippen LogP contribution in [0.4, 0.5) is 0 Å². The molecule has 0 aromatic heterocycles. The first-order valence-corrected chi connectivity index (χ1v) is 8.27. The number of allylic oxidation sites excluding steroid dienone is 1. The minimum atomic E-state index is 0.538.